The lowest BCUT2D eigenvalue weighted by Crippen LogP contribution is -2.31. The summed E-state index contributed by atoms with van der Waals surface area (Å²) in [4.78, 5) is 27.5. The Morgan fingerprint density at radius 3 is 2.24 bits per heavy atom. The zero-order chi connectivity index (χ0) is 20.4. The van der Waals surface area contributed by atoms with Crippen LogP contribution >= 0.6 is 0 Å². The Balaban J connectivity index is 1.70. The number of rotatable bonds is 6. The van der Waals surface area contributed by atoms with Gasteiger partial charge in [0.2, 0.25) is 0 Å². The van der Waals surface area contributed by atoms with Gasteiger partial charge in [0.1, 0.15) is 11.5 Å². The van der Waals surface area contributed by atoms with Gasteiger partial charge in [0, 0.05) is 5.69 Å². The maximum atomic E-state index is 13.2. The zero-order valence-electron chi connectivity index (χ0n) is 16.4. The van der Waals surface area contributed by atoms with Crippen LogP contribution in [0.4, 0.5) is 5.69 Å². The average molecular weight is 386 g/mol. The van der Waals surface area contributed by atoms with E-state index in [1.54, 1.807) is 12.1 Å². The Labute approximate surface area is 169 Å². The zero-order valence-corrected chi connectivity index (χ0v) is 16.4. The van der Waals surface area contributed by atoms with Crippen molar-refractivity contribution in [3.05, 3.63) is 95.6 Å². The van der Waals surface area contributed by atoms with E-state index < -0.39 is 0 Å². The maximum Gasteiger partial charge on any atom is 0.278 e. The Bertz CT molecular complexity index is 1050. The third-order valence-electron chi connectivity index (χ3n) is 4.97. The molecule has 2 aromatic carbocycles. The predicted octanol–water partition coefficient (Wildman–Crippen LogP) is 4.80. The van der Waals surface area contributed by atoms with Crippen LogP contribution in [0.3, 0.4) is 0 Å². The minimum atomic E-state index is -0.363. The van der Waals surface area contributed by atoms with Crippen LogP contribution in [0.15, 0.2) is 83.1 Å². The van der Waals surface area contributed by atoms with E-state index in [4.69, 9.17) is 4.42 Å². The molecule has 0 aliphatic carbocycles. The molecule has 3 aromatic rings. The highest BCUT2D eigenvalue weighted by Gasteiger charge is 2.39. The number of anilines is 1. The van der Waals surface area contributed by atoms with Crippen LogP contribution in [0.5, 0.6) is 0 Å². The SMILES string of the molecule is CC(C)c1ccc(NC2=C(c3ccccc3)C(=O)N(Cc3ccco3)C2=O)cc1. The summed E-state index contributed by atoms with van der Waals surface area (Å²) in [5.74, 6) is 0.278. The van der Waals surface area contributed by atoms with E-state index in [0.29, 0.717) is 22.8 Å². The molecule has 2 amide bonds. The van der Waals surface area contributed by atoms with Gasteiger partial charge in [0.25, 0.3) is 11.8 Å². The predicted molar refractivity (Wildman–Crippen MR) is 112 cm³/mol. The third kappa shape index (κ3) is 3.72. The molecule has 1 aromatic heterocycles. The third-order valence-corrected chi connectivity index (χ3v) is 4.97. The summed E-state index contributed by atoms with van der Waals surface area (Å²) in [6.45, 7) is 4.35. The van der Waals surface area contributed by atoms with Crippen molar-refractivity contribution in [2.24, 2.45) is 0 Å². The molecule has 1 aliphatic heterocycles. The lowest BCUT2D eigenvalue weighted by atomic mass is 10.0. The number of hydrogen-bond donors (Lipinski definition) is 1. The van der Waals surface area contributed by atoms with Crippen LogP contribution in [0, 0.1) is 0 Å². The Hall–Kier alpha value is -3.60. The summed E-state index contributed by atoms with van der Waals surface area (Å²) < 4.78 is 5.34. The number of nitrogens with one attached hydrogen (secondary N) is 1. The van der Waals surface area contributed by atoms with E-state index in [2.05, 4.69) is 19.2 Å². The second kappa shape index (κ2) is 7.80. The number of amides is 2. The van der Waals surface area contributed by atoms with Crippen molar-refractivity contribution in [3.63, 3.8) is 0 Å². The first-order valence-corrected chi connectivity index (χ1v) is 9.60. The Kier molecular flexibility index (Phi) is 5.04. The molecule has 0 spiro atoms. The number of nitrogens with zero attached hydrogens (tertiary/aromatic N) is 1. The minimum Gasteiger partial charge on any atom is -0.467 e. The van der Waals surface area contributed by atoms with Gasteiger partial charge in [-0.1, -0.05) is 56.3 Å². The smallest absolute Gasteiger partial charge is 0.278 e. The van der Waals surface area contributed by atoms with Gasteiger partial charge in [-0.3, -0.25) is 14.5 Å². The van der Waals surface area contributed by atoms with Gasteiger partial charge in [-0.2, -0.15) is 0 Å². The first kappa shape index (κ1) is 18.7. The molecule has 4 rings (SSSR count). The molecule has 29 heavy (non-hydrogen) atoms. The molecule has 0 radical (unpaired) electrons. The van der Waals surface area contributed by atoms with Gasteiger partial charge in [0.05, 0.1) is 18.4 Å². The van der Waals surface area contributed by atoms with E-state index in [9.17, 15) is 9.59 Å². The van der Waals surface area contributed by atoms with Gasteiger partial charge in [-0.15, -0.1) is 0 Å². The van der Waals surface area contributed by atoms with Gasteiger partial charge in [0.15, 0.2) is 0 Å². The standard InChI is InChI=1S/C24H22N2O3/c1-16(2)17-10-12-19(13-11-17)25-22-21(18-7-4-3-5-8-18)23(27)26(24(22)28)15-20-9-6-14-29-20/h3-14,16,25H,15H2,1-2H3. The molecule has 0 saturated heterocycles. The van der Waals surface area contributed by atoms with E-state index in [0.717, 1.165) is 5.69 Å². The second-order valence-corrected chi connectivity index (χ2v) is 7.29. The van der Waals surface area contributed by atoms with Gasteiger partial charge in [-0.05, 0) is 41.3 Å². The molecule has 5 heteroatoms. The number of hydrogen-bond acceptors (Lipinski definition) is 4. The van der Waals surface area contributed by atoms with Gasteiger partial charge < -0.3 is 9.73 Å². The molecule has 0 bridgehead atoms. The maximum absolute atomic E-state index is 13.2. The van der Waals surface area contributed by atoms with Crippen LogP contribution in [0.2, 0.25) is 0 Å². The molecule has 2 heterocycles. The monoisotopic (exact) mass is 386 g/mol. The summed E-state index contributed by atoms with van der Waals surface area (Å²) >= 11 is 0. The van der Waals surface area contributed by atoms with Crippen molar-refractivity contribution in [2.75, 3.05) is 5.32 Å². The number of imide groups is 1. The first-order chi connectivity index (χ1) is 14.0. The van der Waals surface area contributed by atoms with Crippen molar-refractivity contribution in [2.45, 2.75) is 26.3 Å². The fourth-order valence-corrected chi connectivity index (χ4v) is 3.36. The molecule has 0 atom stereocenters. The summed E-state index contributed by atoms with van der Waals surface area (Å²) in [6.07, 6.45) is 1.53. The van der Waals surface area contributed by atoms with Crippen molar-refractivity contribution >= 4 is 23.1 Å². The first-order valence-electron chi connectivity index (χ1n) is 9.60. The van der Waals surface area contributed by atoms with Crippen LogP contribution < -0.4 is 5.32 Å². The van der Waals surface area contributed by atoms with Crippen molar-refractivity contribution in [1.29, 1.82) is 0 Å². The molecule has 1 N–H and O–H groups in total. The highest BCUT2D eigenvalue weighted by molar-refractivity contribution is 6.36. The van der Waals surface area contributed by atoms with Crippen LogP contribution in [0.1, 0.15) is 36.7 Å². The summed E-state index contributed by atoms with van der Waals surface area (Å²) in [5.41, 5.74) is 3.33. The molecular weight excluding hydrogens is 364 g/mol. The van der Waals surface area contributed by atoms with E-state index in [-0.39, 0.29) is 24.1 Å². The highest BCUT2D eigenvalue weighted by atomic mass is 16.3. The Morgan fingerprint density at radius 2 is 1.62 bits per heavy atom. The van der Waals surface area contributed by atoms with E-state index in [1.807, 2.05) is 54.6 Å². The summed E-state index contributed by atoms with van der Waals surface area (Å²) in [7, 11) is 0. The van der Waals surface area contributed by atoms with Gasteiger partial charge in [-0.25, -0.2) is 0 Å². The van der Waals surface area contributed by atoms with Crippen LogP contribution in [-0.4, -0.2) is 16.7 Å². The lowest BCUT2D eigenvalue weighted by Gasteiger charge is -2.14. The summed E-state index contributed by atoms with van der Waals surface area (Å²) in [5, 5.41) is 3.18. The second-order valence-electron chi connectivity index (χ2n) is 7.29. The lowest BCUT2D eigenvalue weighted by molar-refractivity contribution is -0.137. The fourth-order valence-electron chi connectivity index (χ4n) is 3.36. The van der Waals surface area contributed by atoms with Crippen molar-refractivity contribution < 1.29 is 14.0 Å². The molecular formula is C24H22N2O3. The normalized spacial score (nSPS) is 14.2. The number of carbonyl (C=O) groups excluding carboxylic acids is 2. The largest absolute Gasteiger partial charge is 0.467 e. The number of carbonyl (C=O) groups is 2. The molecule has 146 valence electrons. The van der Waals surface area contributed by atoms with Gasteiger partial charge >= 0.3 is 0 Å². The Morgan fingerprint density at radius 1 is 0.897 bits per heavy atom. The molecule has 0 fully saturated rings. The molecule has 1 aliphatic rings. The quantitative estimate of drug-likeness (QED) is 0.619. The highest BCUT2D eigenvalue weighted by Crippen LogP contribution is 2.31. The summed E-state index contributed by atoms with van der Waals surface area (Å²) in [6, 6.07) is 20.6. The molecule has 0 unspecified atom stereocenters. The van der Waals surface area contributed by atoms with Crippen LogP contribution in [-0.2, 0) is 16.1 Å². The van der Waals surface area contributed by atoms with Crippen molar-refractivity contribution in [1.82, 2.24) is 4.90 Å². The van der Waals surface area contributed by atoms with E-state index >= 15 is 0 Å². The van der Waals surface area contributed by atoms with Crippen LogP contribution in [0.25, 0.3) is 5.57 Å². The minimum absolute atomic E-state index is 0.0957. The van der Waals surface area contributed by atoms with Crippen molar-refractivity contribution in [3.8, 4) is 0 Å². The molecule has 0 saturated carbocycles. The van der Waals surface area contributed by atoms with E-state index in [1.165, 1.54) is 16.7 Å². The fraction of sp³-hybridized carbons (Fsp3) is 0.167. The average Bonchev–Trinajstić information content (AvgIpc) is 3.32. The topological polar surface area (TPSA) is 62.6 Å². The number of furan rings is 1. The number of benzene rings is 2. The molecule has 5 nitrogen and oxygen atoms in total.